The molecule has 0 fully saturated rings. The van der Waals surface area contributed by atoms with Gasteiger partial charge in [0.25, 0.3) is 0 Å². The van der Waals surface area contributed by atoms with Crippen molar-refractivity contribution in [2.24, 2.45) is 0 Å². The summed E-state index contributed by atoms with van der Waals surface area (Å²) in [6, 6.07) is 12.6. The van der Waals surface area contributed by atoms with Crippen LogP contribution in [-0.2, 0) is 12.4 Å². The molecule has 0 saturated carbocycles. The second kappa shape index (κ2) is 8.23. The number of aromatic amines is 1. The van der Waals surface area contributed by atoms with Crippen molar-refractivity contribution in [3.05, 3.63) is 90.4 Å². The summed E-state index contributed by atoms with van der Waals surface area (Å²) in [6.07, 6.45) is -4.77. The van der Waals surface area contributed by atoms with Crippen molar-refractivity contribution in [1.82, 2.24) is 20.2 Å². The van der Waals surface area contributed by atoms with Gasteiger partial charge in [-0.3, -0.25) is 10.1 Å². The smallest absolute Gasteiger partial charge is 0.265 e. The molecule has 1 N–H and O–H groups in total. The minimum absolute atomic E-state index is 0.149. The molecule has 0 aliphatic heterocycles. The molecule has 0 aliphatic carbocycles. The summed E-state index contributed by atoms with van der Waals surface area (Å²) in [5, 5.41) is 7.10. The standard InChI is InChI=1S/C25H14F6N4/c26-24(27,28)17-5-1-3-15(11-17)20-19-13-33-35-23(19)34-22(21(20)14-7-9-32-10-8-14)16-4-2-6-18(12-16)25(29,30)31/h1-13H,(H,33,34,35). The van der Waals surface area contributed by atoms with E-state index in [-0.39, 0.29) is 22.5 Å². The Balaban J connectivity index is 1.89. The van der Waals surface area contributed by atoms with Crippen LogP contribution in [0.5, 0.6) is 0 Å². The summed E-state index contributed by atoms with van der Waals surface area (Å²) in [7, 11) is 0. The molecule has 5 rings (SSSR count). The number of nitrogens with zero attached hydrogens (tertiary/aromatic N) is 3. The molecule has 2 aromatic carbocycles. The molecule has 0 spiro atoms. The van der Waals surface area contributed by atoms with Crippen LogP contribution in [0.25, 0.3) is 44.5 Å². The topological polar surface area (TPSA) is 54.5 Å². The highest BCUT2D eigenvalue weighted by atomic mass is 19.4. The molecule has 0 saturated heterocycles. The third-order valence-corrected chi connectivity index (χ3v) is 5.51. The second-order valence-corrected chi connectivity index (χ2v) is 7.74. The Bertz CT molecular complexity index is 1520. The van der Waals surface area contributed by atoms with Gasteiger partial charge in [-0.15, -0.1) is 0 Å². The van der Waals surface area contributed by atoms with Gasteiger partial charge in [-0.25, -0.2) is 4.98 Å². The molecular formula is C25H14F6N4. The lowest BCUT2D eigenvalue weighted by molar-refractivity contribution is -0.138. The first-order chi connectivity index (χ1) is 16.6. The summed E-state index contributed by atoms with van der Waals surface area (Å²) >= 11 is 0. The zero-order valence-electron chi connectivity index (χ0n) is 17.6. The number of hydrogen-bond donors (Lipinski definition) is 1. The summed E-state index contributed by atoms with van der Waals surface area (Å²) in [4.78, 5) is 8.52. The highest BCUT2D eigenvalue weighted by molar-refractivity contribution is 6.05. The van der Waals surface area contributed by atoms with Gasteiger partial charge >= 0.3 is 12.4 Å². The molecule has 0 bridgehead atoms. The highest BCUT2D eigenvalue weighted by Crippen LogP contribution is 2.44. The minimum atomic E-state index is -4.59. The Labute approximate surface area is 194 Å². The van der Waals surface area contributed by atoms with Crippen molar-refractivity contribution in [3.8, 4) is 33.5 Å². The van der Waals surface area contributed by atoms with Gasteiger partial charge in [0, 0.05) is 34.5 Å². The van der Waals surface area contributed by atoms with E-state index in [0.717, 1.165) is 24.3 Å². The minimum Gasteiger partial charge on any atom is -0.265 e. The number of rotatable bonds is 3. The maximum absolute atomic E-state index is 13.5. The Morgan fingerprint density at radius 1 is 0.657 bits per heavy atom. The van der Waals surface area contributed by atoms with Crippen LogP contribution in [0.3, 0.4) is 0 Å². The molecule has 0 atom stereocenters. The number of pyridine rings is 2. The average molecular weight is 484 g/mol. The molecule has 5 aromatic rings. The molecular weight excluding hydrogens is 470 g/mol. The van der Waals surface area contributed by atoms with Gasteiger partial charge in [-0.05, 0) is 47.5 Å². The highest BCUT2D eigenvalue weighted by Gasteiger charge is 2.32. The van der Waals surface area contributed by atoms with Crippen molar-refractivity contribution in [2.45, 2.75) is 12.4 Å². The molecule has 10 heteroatoms. The lowest BCUT2D eigenvalue weighted by atomic mass is 9.89. The Hall–Kier alpha value is -4.21. The van der Waals surface area contributed by atoms with E-state index in [1.807, 2.05) is 0 Å². The fourth-order valence-electron chi connectivity index (χ4n) is 3.97. The van der Waals surface area contributed by atoms with Crippen LogP contribution in [-0.4, -0.2) is 20.2 Å². The number of fused-ring (bicyclic) bond motifs is 1. The predicted molar refractivity (Wildman–Crippen MR) is 118 cm³/mol. The number of benzene rings is 2. The van der Waals surface area contributed by atoms with Crippen LogP contribution in [0, 0.1) is 0 Å². The average Bonchev–Trinajstić information content (AvgIpc) is 3.31. The van der Waals surface area contributed by atoms with E-state index in [2.05, 4.69) is 20.2 Å². The first kappa shape index (κ1) is 22.6. The summed E-state index contributed by atoms with van der Waals surface area (Å²) < 4.78 is 80.9. The largest absolute Gasteiger partial charge is 0.416 e. The predicted octanol–water partition coefficient (Wildman–Crippen LogP) is 7.39. The van der Waals surface area contributed by atoms with E-state index < -0.39 is 23.5 Å². The number of alkyl halides is 6. The molecule has 35 heavy (non-hydrogen) atoms. The molecule has 176 valence electrons. The zero-order valence-corrected chi connectivity index (χ0v) is 17.6. The maximum Gasteiger partial charge on any atom is 0.416 e. The van der Waals surface area contributed by atoms with Gasteiger partial charge in [0.05, 0.1) is 23.0 Å². The number of aromatic nitrogens is 4. The van der Waals surface area contributed by atoms with Crippen molar-refractivity contribution < 1.29 is 26.3 Å². The van der Waals surface area contributed by atoms with E-state index in [1.165, 1.54) is 42.9 Å². The number of H-pyrrole nitrogens is 1. The normalized spacial score (nSPS) is 12.3. The van der Waals surface area contributed by atoms with E-state index in [4.69, 9.17) is 0 Å². The van der Waals surface area contributed by atoms with E-state index >= 15 is 0 Å². The van der Waals surface area contributed by atoms with Gasteiger partial charge < -0.3 is 0 Å². The first-order valence-corrected chi connectivity index (χ1v) is 10.3. The maximum atomic E-state index is 13.5. The van der Waals surface area contributed by atoms with Crippen LogP contribution < -0.4 is 0 Å². The Kier molecular flexibility index (Phi) is 5.31. The second-order valence-electron chi connectivity index (χ2n) is 7.74. The van der Waals surface area contributed by atoms with Gasteiger partial charge in [0.15, 0.2) is 5.65 Å². The van der Waals surface area contributed by atoms with Crippen LogP contribution >= 0.6 is 0 Å². The van der Waals surface area contributed by atoms with Crippen LogP contribution in [0.1, 0.15) is 11.1 Å². The van der Waals surface area contributed by atoms with Crippen LogP contribution in [0.4, 0.5) is 26.3 Å². The van der Waals surface area contributed by atoms with Gasteiger partial charge in [0.2, 0.25) is 0 Å². The molecule has 4 nitrogen and oxygen atoms in total. The molecule has 0 radical (unpaired) electrons. The number of hydrogen-bond acceptors (Lipinski definition) is 3. The lowest BCUT2D eigenvalue weighted by Crippen LogP contribution is -2.05. The summed E-state index contributed by atoms with van der Waals surface area (Å²) in [5.74, 6) is 0. The van der Waals surface area contributed by atoms with E-state index in [1.54, 1.807) is 12.1 Å². The van der Waals surface area contributed by atoms with Crippen LogP contribution in [0.2, 0.25) is 0 Å². The molecule has 3 aromatic heterocycles. The number of nitrogens with one attached hydrogen (secondary N) is 1. The molecule has 0 aliphatic rings. The Morgan fingerprint density at radius 3 is 1.89 bits per heavy atom. The SMILES string of the molecule is FC(F)(F)c1cccc(-c2nc3[nH]ncc3c(-c3cccc(C(F)(F)F)c3)c2-c2ccncc2)c1. The monoisotopic (exact) mass is 484 g/mol. The van der Waals surface area contributed by atoms with Gasteiger partial charge in [-0.1, -0.05) is 24.3 Å². The number of halogens is 6. The van der Waals surface area contributed by atoms with E-state index in [0.29, 0.717) is 22.1 Å². The van der Waals surface area contributed by atoms with Crippen molar-refractivity contribution in [2.75, 3.05) is 0 Å². The zero-order chi connectivity index (χ0) is 24.8. The summed E-state index contributed by atoms with van der Waals surface area (Å²) in [6.45, 7) is 0. The van der Waals surface area contributed by atoms with Crippen molar-refractivity contribution in [1.29, 1.82) is 0 Å². The van der Waals surface area contributed by atoms with Gasteiger partial charge in [0.1, 0.15) is 0 Å². The molecule has 0 unspecified atom stereocenters. The van der Waals surface area contributed by atoms with Crippen molar-refractivity contribution in [3.63, 3.8) is 0 Å². The Morgan fingerprint density at radius 2 is 1.26 bits per heavy atom. The fraction of sp³-hybridized carbons (Fsp3) is 0.0800. The fourth-order valence-corrected chi connectivity index (χ4v) is 3.97. The van der Waals surface area contributed by atoms with Gasteiger partial charge in [-0.2, -0.15) is 31.4 Å². The molecule has 0 amide bonds. The summed E-state index contributed by atoms with van der Waals surface area (Å²) in [5.41, 5.74) is 0.260. The van der Waals surface area contributed by atoms with Crippen LogP contribution in [0.15, 0.2) is 79.3 Å². The third kappa shape index (κ3) is 4.23. The first-order valence-electron chi connectivity index (χ1n) is 10.3. The lowest BCUT2D eigenvalue weighted by Gasteiger charge is -2.18. The van der Waals surface area contributed by atoms with Crippen molar-refractivity contribution >= 4 is 11.0 Å². The molecule has 3 heterocycles. The third-order valence-electron chi connectivity index (χ3n) is 5.51. The quantitative estimate of drug-likeness (QED) is 0.272. The van der Waals surface area contributed by atoms with E-state index in [9.17, 15) is 26.3 Å².